The van der Waals surface area contributed by atoms with E-state index in [1.165, 1.54) is 6.07 Å². The Morgan fingerprint density at radius 2 is 2.26 bits per heavy atom. The van der Waals surface area contributed by atoms with Crippen LogP contribution < -0.4 is 4.74 Å². The maximum atomic E-state index is 13.5. The Balaban J connectivity index is 3.01. The molecular weight excluding hydrogens is 257 g/mol. The zero-order valence-electron chi connectivity index (χ0n) is 10.3. The number of carbonyl (C=O) groups is 1. The number of nitro benzene ring substituents is 1. The predicted molar refractivity (Wildman–Crippen MR) is 64.6 cm³/mol. The zero-order valence-corrected chi connectivity index (χ0v) is 10.3. The van der Waals surface area contributed by atoms with Gasteiger partial charge in [0, 0.05) is 6.07 Å². The highest BCUT2D eigenvalue weighted by atomic mass is 19.1. The number of carboxylic acids is 1. The Kier molecular flexibility index (Phi) is 5.23. The van der Waals surface area contributed by atoms with E-state index >= 15 is 0 Å². The Labute approximate surface area is 109 Å². The molecule has 1 N–H and O–H groups in total. The van der Waals surface area contributed by atoms with E-state index in [0.29, 0.717) is 6.42 Å². The fraction of sp³-hybridized carbons (Fsp3) is 0.417. The van der Waals surface area contributed by atoms with Gasteiger partial charge in [-0.1, -0.05) is 19.4 Å². The first-order valence-corrected chi connectivity index (χ1v) is 5.79. The van der Waals surface area contributed by atoms with E-state index in [1.807, 2.05) is 6.92 Å². The average Bonchev–Trinajstić information content (AvgIpc) is 2.35. The molecule has 0 aromatic heterocycles. The van der Waals surface area contributed by atoms with E-state index in [0.717, 1.165) is 18.6 Å². The van der Waals surface area contributed by atoms with Crippen LogP contribution in [-0.4, -0.2) is 22.1 Å². The molecule has 7 heteroatoms. The van der Waals surface area contributed by atoms with Gasteiger partial charge in [-0.15, -0.1) is 0 Å². The summed E-state index contributed by atoms with van der Waals surface area (Å²) in [5.74, 6) is -2.85. The number of hydrogen-bond donors (Lipinski definition) is 1. The summed E-state index contributed by atoms with van der Waals surface area (Å²) in [4.78, 5) is 20.9. The van der Waals surface area contributed by atoms with Gasteiger partial charge < -0.3 is 9.84 Å². The number of ether oxygens (including phenoxy) is 1. The van der Waals surface area contributed by atoms with Crippen molar-refractivity contribution in [2.24, 2.45) is 0 Å². The van der Waals surface area contributed by atoms with Gasteiger partial charge >= 0.3 is 11.7 Å². The Bertz CT molecular complexity index is 477. The summed E-state index contributed by atoms with van der Waals surface area (Å²) in [6.45, 7) is 1.87. The molecule has 19 heavy (non-hydrogen) atoms. The van der Waals surface area contributed by atoms with Crippen LogP contribution >= 0.6 is 0 Å². The number of carboxylic acid groups (broad SMARTS) is 1. The minimum atomic E-state index is -1.30. The molecule has 0 heterocycles. The van der Waals surface area contributed by atoms with Crippen LogP contribution in [0.15, 0.2) is 18.2 Å². The summed E-state index contributed by atoms with van der Waals surface area (Å²) in [6.07, 6.45) is 0.179. The van der Waals surface area contributed by atoms with E-state index in [-0.39, 0.29) is 6.42 Å². The summed E-state index contributed by atoms with van der Waals surface area (Å²) < 4.78 is 18.5. The lowest BCUT2D eigenvalue weighted by molar-refractivity contribution is -0.386. The van der Waals surface area contributed by atoms with Crippen molar-refractivity contribution in [3.8, 4) is 5.75 Å². The maximum absolute atomic E-state index is 13.5. The van der Waals surface area contributed by atoms with E-state index in [2.05, 4.69) is 0 Å². The lowest BCUT2D eigenvalue weighted by atomic mass is 10.1. The standard InChI is InChI=1S/C12H14FNO5/c1-2-3-7-10(12(15)16)19-11-8(13)5-4-6-9(11)14(17)18/h4-6,10H,2-3,7H2,1H3,(H,15,16). The summed E-state index contributed by atoms with van der Waals surface area (Å²) in [6, 6.07) is 3.22. The summed E-state index contributed by atoms with van der Waals surface area (Å²) in [5, 5.41) is 19.7. The molecule has 0 fully saturated rings. The number of aliphatic carboxylic acids is 1. The van der Waals surface area contributed by atoms with Crippen molar-refractivity contribution in [2.75, 3.05) is 0 Å². The van der Waals surface area contributed by atoms with Gasteiger partial charge in [0.2, 0.25) is 5.75 Å². The van der Waals surface area contributed by atoms with E-state index in [9.17, 15) is 19.3 Å². The number of nitro groups is 1. The molecule has 1 aromatic rings. The first-order chi connectivity index (χ1) is 8.97. The molecule has 104 valence electrons. The molecular formula is C12H14FNO5. The molecule has 0 aliphatic carbocycles. The van der Waals surface area contributed by atoms with Crippen LogP contribution in [0.1, 0.15) is 26.2 Å². The monoisotopic (exact) mass is 271 g/mol. The third kappa shape index (κ3) is 3.90. The minimum absolute atomic E-state index is 0.164. The molecule has 0 radical (unpaired) electrons. The summed E-state index contributed by atoms with van der Waals surface area (Å²) in [5.41, 5.74) is -0.581. The van der Waals surface area contributed by atoms with Crippen LogP contribution in [0.4, 0.5) is 10.1 Å². The van der Waals surface area contributed by atoms with Crippen molar-refractivity contribution in [3.05, 3.63) is 34.1 Å². The lowest BCUT2D eigenvalue weighted by Crippen LogP contribution is -2.27. The van der Waals surface area contributed by atoms with Gasteiger partial charge in [0.05, 0.1) is 4.92 Å². The third-order valence-electron chi connectivity index (χ3n) is 2.50. The molecule has 0 bridgehead atoms. The SMILES string of the molecule is CCCCC(Oc1c(F)cccc1[N+](=O)[O-])C(=O)O. The maximum Gasteiger partial charge on any atom is 0.344 e. The van der Waals surface area contributed by atoms with Crippen molar-refractivity contribution in [1.29, 1.82) is 0 Å². The molecule has 0 aliphatic heterocycles. The number of para-hydroxylation sites is 1. The highest BCUT2D eigenvalue weighted by Gasteiger charge is 2.26. The number of unbranched alkanes of at least 4 members (excludes halogenated alkanes) is 1. The largest absolute Gasteiger partial charge is 0.479 e. The van der Waals surface area contributed by atoms with Gasteiger partial charge in [0.1, 0.15) is 0 Å². The smallest absolute Gasteiger partial charge is 0.344 e. The van der Waals surface area contributed by atoms with E-state index < -0.39 is 34.3 Å². The van der Waals surface area contributed by atoms with Gasteiger partial charge in [0.25, 0.3) is 0 Å². The topological polar surface area (TPSA) is 89.7 Å². The fourth-order valence-corrected chi connectivity index (χ4v) is 1.52. The highest BCUT2D eigenvalue weighted by Crippen LogP contribution is 2.31. The van der Waals surface area contributed by atoms with Crippen LogP contribution in [-0.2, 0) is 4.79 Å². The van der Waals surface area contributed by atoms with Crippen LogP contribution in [0.5, 0.6) is 5.75 Å². The van der Waals surface area contributed by atoms with Crippen molar-refractivity contribution >= 4 is 11.7 Å². The molecule has 1 atom stereocenters. The lowest BCUT2D eigenvalue weighted by Gasteiger charge is -2.15. The van der Waals surface area contributed by atoms with Gasteiger partial charge in [-0.2, -0.15) is 0 Å². The minimum Gasteiger partial charge on any atom is -0.479 e. The van der Waals surface area contributed by atoms with E-state index in [4.69, 9.17) is 9.84 Å². The molecule has 0 saturated heterocycles. The summed E-state index contributed by atoms with van der Waals surface area (Å²) in [7, 11) is 0. The van der Waals surface area contributed by atoms with Gasteiger partial charge in [-0.05, 0) is 18.9 Å². The third-order valence-corrected chi connectivity index (χ3v) is 2.50. The Morgan fingerprint density at radius 1 is 1.58 bits per heavy atom. The second-order valence-corrected chi connectivity index (χ2v) is 3.93. The predicted octanol–water partition coefficient (Wildman–Crippen LogP) is 2.76. The van der Waals surface area contributed by atoms with Gasteiger partial charge in [-0.3, -0.25) is 10.1 Å². The number of benzene rings is 1. The molecule has 0 aliphatic rings. The highest BCUT2D eigenvalue weighted by molar-refractivity contribution is 5.73. The van der Waals surface area contributed by atoms with Crippen molar-refractivity contribution in [1.82, 2.24) is 0 Å². The molecule has 1 rings (SSSR count). The first-order valence-electron chi connectivity index (χ1n) is 5.79. The second kappa shape index (κ2) is 6.67. The average molecular weight is 271 g/mol. The molecule has 6 nitrogen and oxygen atoms in total. The first kappa shape index (κ1) is 14.9. The van der Waals surface area contributed by atoms with Crippen LogP contribution in [0.2, 0.25) is 0 Å². The van der Waals surface area contributed by atoms with Crippen LogP contribution in [0.25, 0.3) is 0 Å². The van der Waals surface area contributed by atoms with E-state index in [1.54, 1.807) is 0 Å². The molecule has 0 saturated carbocycles. The van der Waals surface area contributed by atoms with Crippen molar-refractivity contribution < 1.29 is 24.0 Å². The second-order valence-electron chi connectivity index (χ2n) is 3.93. The molecule has 0 amide bonds. The normalized spacial score (nSPS) is 11.9. The molecule has 1 unspecified atom stereocenters. The fourth-order valence-electron chi connectivity index (χ4n) is 1.52. The molecule has 0 spiro atoms. The number of halogens is 1. The van der Waals surface area contributed by atoms with Crippen LogP contribution in [0, 0.1) is 15.9 Å². The Hall–Kier alpha value is -2.18. The van der Waals surface area contributed by atoms with Crippen LogP contribution in [0.3, 0.4) is 0 Å². The zero-order chi connectivity index (χ0) is 14.4. The number of rotatable bonds is 7. The number of nitrogens with zero attached hydrogens (tertiary/aromatic N) is 1. The Morgan fingerprint density at radius 3 is 2.79 bits per heavy atom. The van der Waals surface area contributed by atoms with Gasteiger partial charge in [-0.25, -0.2) is 9.18 Å². The summed E-state index contributed by atoms with van der Waals surface area (Å²) >= 11 is 0. The molecule has 1 aromatic carbocycles. The van der Waals surface area contributed by atoms with Crippen molar-refractivity contribution in [2.45, 2.75) is 32.3 Å². The van der Waals surface area contributed by atoms with Gasteiger partial charge in [0.15, 0.2) is 11.9 Å². The van der Waals surface area contributed by atoms with Crippen molar-refractivity contribution in [3.63, 3.8) is 0 Å². The quantitative estimate of drug-likeness (QED) is 0.608. The number of hydrogen-bond acceptors (Lipinski definition) is 4.